The topological polar surface area (TPSA) is 55.2 Å². The molecule has 0 saturated carbocycles. The van der Waals surface area contributed by atoms with Crippen molar-refractivity contribution in [3.8, 4) is 0 Å². The van der Waals surface area contributed by atoms with Gasteiger partial charge in [-0.3, -0.25) is 4.68 Å². The number of aromatic nitrogens is 2. The van der Waals surface area contributed by atoms with Crippen molar-refractivity contribution < 1.29 is 12.8 Å². The van der Waals surface area contributed by atoms with Gasteiger partial charge in [0, 0.05) is 18.7 Å². The van der Waals surface area contributed by atoms with Gasteiger partial charge < -0.3 is 0 Å². The quantitative estimate of drug-likeness (QED) is 0.813. The van der Waals surface area contributed by atoms with Crippen LogP contribution in [0.15, 0.2) is 29.2 Å². The number of aryl methyl sites for hydroxylation is 1. The fraction of sp³-hybridized carbons (Fsp3) is 0.438. The largest absolute Gasteiger partial charge is 0.264 e. The Morgan fingerprint density at radius 2 is 1.78 bits per heavy atom. The SMILES string of the molecule is CCN(CC)S(=O)(=O)c1c(C)nn(Cc2ccccc2F)c1C. The molecule has 0 spiro atoms. The van der Waals surface area contributed by atoms with E-state index in [0.717, 1.165) is 0 Å². The Morgan fingerprint density at radius 3 is 2.35 bits per heavy atom. The summed E-state index contributed by atoms with van der Waals surface area (Å²) in [4.78, 5) is 0.220. The summed E-state index contributed by atoms with van der Waals surface area (Å²) >= 11 is 0. The predicted molar refractivity (Wildman–Crippen MR) is 87.3 cm³/mol. The molecule has 1 heterocycles. The summed E-state index contributed by atoms with van der Waals surface area (Å²) < 4.78 is 42.3. The molecule has 0 radical (unpaired) electrons. The highest BCUT2D eigenvalue weighted by Gasteiger charge is 2.29. The fourth-order valence-corrected chi connectivity index (χ4v) is 4.52. The van der Waals surface area contributed by atoms with Crippen molar-refractivity contribution in [2.45, 2.75) is 39.1 Å². The molecule has 7 heteroatoms. The van der Waals surface area contributed by atoms with E-state index in [1.807, 2.05) is 0 Å². The number of hydrogen-bond donors (Lipinski definition) is 0. The van der Waals surface area contributed by atoms with Crippen LogP contribution in [-0.2, 0) is 16.6 Å². The molecular formula is C16H22FN3O2S. The normalized spacial score (nSPS) is 12.1. The molecule has 0 fully saturated rings. The minimum atomic E-state index is -3.59. The first-order valence-electron chi connectivity index (χ1n) is 7.60. The first-order chi connectivity index (χ1) is 10.8. The van der Waals surface area contributed by atoms with Crippen LogP contribution in [0.3, 0.4) is 0 Å². The maximum Gasteiger partial charge on any atom is 0.246 e. The number of benzene rings is 1. The number of nitrogens with zero attached hydrogens (tertiary/aromatic N) is 3. The Balaban J connectivity index is 2.47. The predicted octanol–water partition coefficient (Wildman–Crippen LogP) is 2.72. The summed E-state index contributed by atoms with van der Waals surface area (Å²) in [7, 11) is -3.59. The van der Waals surface area contributed by atoms with Crippen molar-refractivity contribution in [2.75, 3.05) is 13.1 Å². The Labute approximate surface area is 136 Å². The van der Waals surface area contributed by atoms with E-state index >= 15 is 0 Å². The highest BCUT2D eigenvalue weighted by Crippen LogP contribution is 2.24. The standard InChI is InChI=1S/C16H22FN3O2S/c1-5-19(6-2)23(21,22)16-12(3)18-20(13(16)4)11-14-9-7-8-10-15(14)17/h7-10H,5-6,11H2,1-4H3. The van der Waals surface area contributed by atoms with Crippen molar-refractivity contribution >= 4 is 10.0 Å². The van der Waals surface area contributed by atoms with Crippen molar-refractivity contribution in [1.82, 2.24) is 14.1 Å². The van der Waals surface area contributed by atoms with Gasteiger partial charge in [0.2, 0.25) is 10.0 Å². The van der Waals surface area contributed by atoms with Crippen molar-refractivity contribution in [3.63, 3.8) is 0 Å². The maximum absolute atomic E-state index is 13.8. The minimum Gasteiger partial charge on any atom is -0.264 e. The lowest BCUT2D eigenvalue weighted by Crippen LogP contribution is -2.31. The molecule has 0 aliphatic heterocycles. The summed E-state index contributed by atoms with van der Waals surface area (Å²) in [6.45, 7) is 7.98. The monoisotopic (exact) mass is 339 g/mol. The molecule has 1 aromatic carbocycles. The van der Waals surface area contributed by atoms with E-state index in [1.165, 1.54) is 10.4 Å². The molecule has 0 bridgehead atoms. The third kappa shape index (κ3) is 3.30. The molecular weight excluding hydrogens is 317 g/mol. The minimum absolute atomic E-state index is 0.202. The van der Waals surface area contributed by atoms with Crippen LogP contribution in [0.4, 0.5) is 4.39 Å². The van der Waals surface area contributed by atoms with E-state index in [1.54, 1.807) is 50.6 Å². The van der Waals surface area contributed by atoms with Gasteiger partial charge in [-0.2, -0.15) is 9.40 Å². The Kier molecular flexibility index (Phi) is 5.21. The molecule has 5 nitrogen and oxygen atoms in total. The first-order valence-corrected chi connectivity index (χ1v) is 9.04. The van der Waals surface area contributed by atoms with Gasteiger partial charge in [-0.1, -0.05) is 32.0 Å². The zero-order chi connectivity index (χ0) is 17.2. The van der Waals surface area contributed by atoms with Gasteiger partial charge >= 0.3 is 0 Å². The maximum atomic E-state index is 13.8. The molecule has 0 aliphatic rings. The lowest BCUT2D eigenvalue weighted by molar-refractivity contribution is 0.444. The van der Waals surface area contributed by atoms with Gasteiger partial charge in [0.25, 0.3) is 0 Å². The summed E-state index contributed by atoms with van der Waals surface area (Å²) in [5, 5.41) is 4.31. The van der Waals surface area contributed by atoms with Gasteiger partial charge in [-0.05, 0) is 19.9 Å². The average molecular weight is 339 g/mol. The second-order valence-corrected chi connectivity index (χ2v) is 7.21. The van der Waals surface area contributed by atoms with Crippen LogP contribution < -0.4 is 0 Å². The van der Waals surface area contributed by atoms with Crippen LogP contribution in [0.25, 0.3) is 0 Å². The van der Waals surface area contributed by atoms with Crippen LogP contribution in [-0.4, -0.2) is 35.6 Å². The van der Waals surface area contributed by atoms with Crippen molar-refractivity contribution in [3.05, 3.63) is 47.0 Å². The van der Waals surface area contributed by atoms with Crippen LogP contribution >= 0.6 is 0 Å². The number of halogens is 1. The molecule has 0 unspecified atom stereocenters. The lowest BCUT2D eigenvalue weighted by Gasteiger charge is -2.18. The Morgan fingerprint density at radius 1 is 1.17 bits per heavy atom. The van der Waals surface area contributed by atoms with Crippen LogP contribution in [0.1, 0.15) is 30.8 Å². The Bertz CT molecular complexity index is 796. The third-order valence-electron chi connectivity index (χ3n) is 3.90. The summed E-state index contributed by atoms with van der Waals surface area (Å²) in [5.41, 5.74) is 1.44. The van der Waals surface area contributed by atoms with Crippen LogP contribution in [0.5, 0.6) is 0 Å². The third-order valence-corrected chi connectivity index (χ3v) is 6.20. The number of hydrogen-bond acceptors (Lipinski definition) is 3. The second-order valence-electron chi connectivity index (χ2n) is 5.34. The lowest BCUT2D eigenvalue weighted by atomic mass is 10.2. The van der Waals surface area contributed by atoms with Gasteiger partial charge in [-0.15, -0.1) is 0 Å². The fourth-order valence-electron chi connectivity index (χ4n) is 2.69. The van der Waals surface area contributed by atoms with Crippen LogP contribution in [0, 0.1) is 19.7 Å². The summed E-state index contributed by atoms with van der Waals surface area (Å²) in [6.07, 6.45) is 0. The highest BCUT2D eigenvalue weighted by atomic mass is 32.2. The van der Waals surface area contributed by atoms with Gasteiger partial charge in [-0.25, -0.2) is 12.8 Å². The van der Waals surface area contributed by atoms with Crippen molar-refractivity contribution in [1.29, 1.82) is 0 Å². The van der Waals surface area contributed by atoms with E-state index < -0.39 is 10.0 Å². The molecule has 0 saturated heterocycles. The average Bonchev–Trinajstić information content (AvgIpc) is 2.77. The summed E-state index contributed by atoms with van der Waals surface area (Å²) in [6, 6.07) is 6.42. The van der Waals surface area contributed by atoms with E-state index in [0.29, 0.717) is 30.0 Å². The van der Waals surface area contributed by atoms with Gasteiger partial charge in [0.05, 0.1) is 17.9 Å². The van der Waals surface area contributed by atoms with Gasteiger partial charge in [0.1, 0.15) is 10.7 Å². The van der Waals surface area contributed by atoms with E-state index in [2.05, 4.69) is 5.10 Å². The zero-order valence-corrected chi connectivity index (χ0v) is 14.7. The molecule has 1 aromatic heterocycles. The molecule has 126 valence electrons. The van der Waals surface area contributed by atoms with Crippen molar-refractivity contribution in [2.24, 2.45) is 0 Å². The van der Waals surface area contributed by atoms with E-state index in [4.69, 9.17) is 0 Å². The molecule has 23 heavy (non-hydrogen) atoms. The zero-order valence-electron chi connectivity index (χ0n) is 13.9. The van der Waals surface area contributed by atoms with E-state index in [9.17, 15) is 12.8 Å². The molecule has 0 atom stereocenters. The first kappa shape index (κ1) is 17.6. The van der Waals surface area contributed by atoms with E-state index in [-0.39, 0.29) is 17.3 Å². The number of rotatable bonds is 6. The Hall–Kier alpha value is -1.73. The number of sulfonamides is 1. The highest BCUT2D eigenvalue weighted by molar-refractivity contribution is 7.89. The molecule has 0 N–H and O–H groups in total. The van der Waals surface area contributed by atoms with Gasteiger partial charge in [0.15, 0.2) is 0 Å². The summed E-state index contributed by atoms with van der Waals surface area (Å²) in [5.74, 6) is -0.326. The van der Waals surface area contributed by atoms with Crippen LogP contribution in [0.2, 0.25) is 0 Å². The second kappa shape index (κ2) is 6.80. The smallest absolute Gasteiger partial charge is 0.246 e. The molecule has 0 aliphatic carbocycles. The molecule has 0 amide bonds. The molecule has 2 rings (SSSR count). The molecule has 2 aromatic rings.